The van der Waals surface area contributed by atoms with Crippen LogP contribution in [0.25, 0.3) is 11.4 Å². The highest BCUT2D eigenvalue weighted by Crippen LogP contribution is 2.19. The Kier molecular flexibility index (Phi) is 5.83. The third-order valence-corrected chi connectivity index (χ3v) is 5.01. The van der Waals surface area contributed by atoms with Gasteiger partial charge in [-0.15, -0.1) is 0 Å². The third-order valence-electron chi connectivity index (χ3n) is 5.01. The van der Waals surface area contributed by atoms with Crippen LogP contribution < -0.4 is 9.64 Å². The van der Waals surface area contributed by atoms with Crippen molar-refractivity contribution in [1.29, 1.82) is 0 Å². The van der Waals surface area contributed by atoms with E-state index in [9.17, 15) is 0 Å². The lowest BCUT2D eigenvalue weighted by atomic mass is 10.2. The zero-order chi connectivity index (χ0) is 19.2. The van der Waals surface area contributed by atoms with Gasteiger partial charge >= 0.3 is 0 Å². The topological polar surface area (TPSA) is 41.5 Å². The molecule has 0 radical (unpaired) electrons. The average Bonchev–Trinajstić information content (AvgIpc) is 2.75. The first-order valence-corrected chi connectivity index (χ1v) is 9.84. The van der Waals surface area contributed by atoms with Crippen molar-refractivity contribution in [2.75, 3.05) is 44.2 Å². The SMILES string of the molecule is Cc1cc(OCCN2CCN(c3ccccc3)CC2)nc(-c2ccccc2)n1. The molecule has 0 aliphatic carbocycles. The highest BCUT2D eigenvalue weighted by molar-refractivity contribution is 5.55. The molecule has 4 rings (SSSR count). The molecule has 1 saturated heterocycles. The highest BCUT2D eigenvalue weighted by atomic mass is 16.5. The molecule has 2 aromatic carbocycles. The Morgan fingerprint density at radius 1 is 0.857 bits per heavy atom. The molecule has 0 atom stereocenters. The molecule has 0 spiro atoms. The standard InChI is InChI=1S/C23H26N4O/c1-19-18-22(25-23(24-19)20-8-4-2-5-9-20)28-17-16-26-12-14-27(15-13-26)21-10-6-3-7-11-21/h2-11,18H,12-17H2,1H3. The Labute approximate surface area is 166 Å². The summed E-state index contributed by atoms with van der Waals surface area (Å²) in [6, 6.07) is 22.6. The zero-order valence-electron chi connectivity index (χ0n) is 16.3. The van der Waals surface area contributed by atoms with Crippen LogP contribution in [0.2, 0.25) is 0 Å². The van der Waals surface area contributed by atoms with Gasteiger partial charge in [0.25, 0.3) is 0 Å². The van der Waals surface area contributed by atoms with Gasteiger partial charge in [0, 0.05) is 55.7 Å². The second-order valence-electron chi connectivity index (χ2n) is 7.05. The summed E-state index contributed by atoms with van der Waals surface area (Å²) in [5.74, 6) is 1.36. The van der Waals surface area contributed by atoms with Crippen molar-refractivity contribution in [3.05, 3.63) is 72.4 Å². The zero-order valence-corrected chi connectivity index (χ0v) is 16.3. The van der Waals surface area contributed by atoms with Crippen molar-refractivity contribution in [2.24, 2.45) is 0 Å². The molecule has 144 valence electrons. The lowest BCUT2D eigenvalue weighted by Gasteiger charge is -2.36. The van der Waals surface area contributed by atoms with E-state index in [-0.39, 0.29) is 0 Å². The molecule has 2 heterocycles. The van der Waals surface area contributed by atoms with Gasteiger partial charge in [-0.3, -0.25) is 4.90 Å². The molecule has 1 aliphatic heterocycles. The van der Waals surface area contributed by atoms with E-state index >= 15 is 0 Å². The number of aryl methyl sites for hydroxylation is 1. The second kappa shape index (κ2) is 8.85. The molecule has 0 saturated carbocycles. The number of ether oxygens (including phenoxy) is 1. The first-order chi connectivity index (χ1) is 13.8. The van der Waals surface area contributed by atoms with E-state index in [0.717, 1.165) is 44.0 Å². The van der Waals surface area contributed by atoms with Crippen molar-refractivity contribution >= 4 is 5.69 Å². The minimum absolute atomic E-state index is 0.635. The van der Waals surface area contributed by atoms with Gasteiger partial charge in [0.15, 0.2) is 5.82 Å². The predicted octanol–water partition coefficient (Wildman–Crippen LogP) is 3.65. The number of hydrogen-bond acceptors (Lipinski definition) is 5. The molecule has 0 N–H and O–H groups in total. The summed E-state index contributed by atoms with van der Waals surface area (Å²) in [6.45, 7) is 7.72. The Morgan fingerprint density at radius 2 is 1.54 bits per heavy atom. The number of benzene rings is 2. The van der Waals surface area contributed by atoms with Crippen molar-refractivity contribution in [3.63, 3.8) is 0 Å². The van der Waals surface area contributed by atoms with Gasteiger partial charge in [-0.05, 0) is 19.1 Å². The van der Waals surface area contributed by atoms with Gasteiger partial charge < -0.3 is 9.64 Å². The van der Waals surface area contributed by atoms with E-state index in [4.69, 9.17) is 4.74 Å². The fourth-order valence-electron chi connectivity index (χ4n) is 3.48. The maximum atomic E-state index is 5.96. The minimum atomic E-state index is 0.635. The highest BCUT2D eigenvalue weighted by Gasteiger charge is 2.17. The Morgan fingerprint density at radius 3 is 2.25 bits per heavy atom. The quantitative estimate of drug-likeness (QED) is 0.659. The number of nitrogens with zero attached hydrogens (tertiary/aromatic N) is 4. The largest absolute Gasteiger partial charge is 0.476 e. The Balaban J connectivity index is 1.28. The molecule has 0 bridgehead atoms. The lowest BCUT2D eigenvalue weighted by molar-refractivity contribution is 0.197. The van der Waals surface area contributed by atoms with Crippen LogP contribution in [0.5, 0.6) is 5.88 Å². The van der Waals surface area contributed by atoms with E-state index in [1.165, 1.54) is 5.69 Å². The average molecular weight is 374 g/mol. The van der Waals surface area contributed by atoms with Crippen LogP contribution in [-0.2, 0) is 0 Å². The molecular weight excluding hydrogens is 348 g/mol. The fraction of sp³-hybridized carbons (Fsp3) is 0.304. The Hall–Kier alpha value is -2.92. The number of rotatable bonds is 6. The van der Waals surface area contributed by atoms with Crippen molar-refractivity contribution in [2.45, 2.75) is 6.92 Å². The first kappa shape index (κ1) is 18.4. The molecule has 1 fully saturated rings. The maximum absolute atomic E-state index is 5.96. The fourth-order valence-corrected chi connectivity index (χ4v) is 3.48. The van der Waals surface area contributed by atoms with Crippen LogP contribution in [0.3, 0.4) is 0 Å². The van der Waals surface area contributed by atoms with E-state index < -0.39 is 0 Å². The summed E-state index contributed by atoms with van der Waals surface area (Å²) in [7, 11) is 0. The van der Waals surface area contributed by atoms with Crippen LogP contribution in [0.1, 0.15) is 5.69 Å². The van der Waals surface area contributed by atoms with E-state index in [1.807, 2.05) is 43.3 Å². The van der Waals surface area contributed by atoms with Crippen LogP contribution in [-0.4, -0.2) is 54.2 Å². The van der Waals surface area contributed by atoms with Gasteiger partial charge in [0.05, 0.1) is 0 Å². The number of hydrogen-bond donors (Lipinski definition) is 0. The Bertz CT molecular complexity index is 878. The monoisotopic (exact) mass is 374 g/mol. The summed E-state index contributed by atoms with van der Waals surface area (Å²) >= 11 is 0. The van der Waals surface area contributed by atoms with E-state index in [0.29, 0.717) is 18.3 Å². The van der Waals surface area contributed by atoms with E-state index in [2.05, 4.69) is 50.1 Å². The molecule has 0 unspecified atom stereocenters. The number of aromatic nitrogens is 2. The van der Waals surface area contributed by atoms with Crippen LogP contribution in [0, 0.1) is 6.92 Å². The smallest absolute Gasteiger partial charge is 0.217 e. The second-order valence-corrected chi connectivity index (χ2v) is 7.05. The normalized spacial score (nSPS) is 14.8. The number of anilines is 1. The third kappa shape index (κ3) is 4.67. The van der Waals surface area contributed by atoms with Gasteiger partial charge in [-0.25, -0.2) is 4.98 Å². The van der Waals surface area contributed by atoms with Crippen LogP contribution in [0.15, 0.2) is 66.7 Å². The minimum Gasteiger partial charge on any atom is -0.476 e. The van der Waals surface area contributed by atoms with Gasteiger partial charge in [-0.1, -0.05) is 48.5 Å². The van der Waals surface area contributed by atoms with Gasteiger partial charge in [0.2, 0.25) is 5.88 Å². The molecule has 1 aliphatic rings. The van der Waals surface area contributed by atoms with Crippen molar-refractivity contribution < 1.29 is 4.74 Å². The van der Waals surface area contributed by atoms with Crippen LogP contribution in [0.4, 0.5) is 5.69 Å². The molecule has 3 aromatic rings. The van der Waals surface area contributed by atoms with Crippen LogP contribution >= 0.6 is 0 Å². The predicted molar refractivity (Wildman–Crippen MR) is 113 cm³/mol. The number of para-hydroxylation sites is 1. The molecular formula is C23H26N4O. The van der Waals surface area contributed by atoms with E-state index in [1.54, 1.807) is 0 Å². The summed E-state index contributed by atoms with van der Waals surface area (Å²) in [6.07, 6.45) is 0. The first-order valence-electron chi connectivity index (χ1n) is 9.84. The van der Waals surface area contributed by atoms with Gasteiger partial charge in [0.1, 0.15) is 6.61 Å². The lowest BCUT2D eigenvalue weighted by Crippen LogP contribution is -2.47. The molecule has 28 heavy (non-hydrogen) atoms. The summed E-state index contributed by atoms with van der Waals surface area (Å²) in [5.41, 5.74) is 3.23. The maximum Gasteiger partial charge on any atom is 0.217 e. The molecule has 0 amide bonds. The summed E-state index contributed by atoms with van der Waals surface area (Å²) < 4.78 is 5.96. The molecule has 5 nitrogen and oxygen atoms in total. The van der Waals surface area contributed by atoms with Gasteiger partial charge in [-0.2, -0.15) is 4.98 Å². The molecule has 5 heteroatoms. The molecule has 1 aromatic heterocycles. The summed E-state index contributed by atoms with van der Waals surface area (Å²) in [4.78, 5) is 14.0. The van der Waals surface area contributed by atoms with Crippen molar-refractivity contribution in [1.82, 2.24) is 14.9 Å². The number of piperazine rings is 1. The summed E-state index contributed by atoms with van der Waals surface area (Å²) in [5, 5.41) is 0. The van der Waals surface area contributed by atoms with Crippen molar-refractivity contribution in [3.8, 4) is 17.3 Å².